The first kappa shape index (κ1) is 18.6. The summed E-state index contributed by atoms with van der Waals surface area (Å²) in [6, 6.07) is 12.8. The van der Waals surface area contributed by atoms with Crippen LogP contribution in [0.4, 0.5) is 4.39 Å². The van der Waals surface area contributed by atoms with Gasteiger partial charge in [0.15, 0.2) is 0 Å². The number of thiazole rings is 1. The third-order valence-corrected chi connectivity index (χ3v) is 5.48. The molecule has 144 valence electrons. The Labute approximate surface area is 166 Å². The van der Waals surface area contributed by atoms with Gasteiger partial charge in [0, 0.05) is 12.6 Å². The van der Waals surface area contributed by atoms with Crippen LogP contribution in [0, 0.1) is 12.7 Å². The van der Waals surface area contributed by atoms with Gasteiger partial charge in [-0.25, -0.2) is 14.4 Å². The van der Waals surface area contributed by atoms with E-state index < -0.39 is 5.82 Å². The number of halogens is 1. The van der Waals surface area contributed by atoms with Gasteiger partial charge in [-0.1, -0.05) is 12.1 Å². The lowest BCUT2D eigenvalue weighted by Crippen LogP contribution is -2.17. The van der Waals surface area contributed by atoms with Crippen molar-refractivity contribution in [3.63, 3.8) is 0 Å². The molecule has 28 heavy (non-hydrogen) atoms. The molecule has 4 aromatic rings. The van der Waals surface area contributed by atoms with Crippen molar-refractivity contribution in [2.45, 2.75) is 20.0 Å². The second kappa shape index (κ2) is 7.69. The zero-order valence-corrected chi connectivity index (χ0v) is 16.7. The van der Waals surface area contributed by atoms with Gasteiger partial charge in [0.1, 0.15) is 22.3 Å². The molecule has 0 radical (unpaired) electrons. The summed E-state index contributed by atoms with van der Waals surface area (Å²) >= 11 is 1.69. The van der Waals surface area contributed by atoms with E-state index in [1.807, 2.05) is 32.2 Å². The fraction of sp³-hybridized carbons (Fsp3) is 0.238. The van der Waals surface area contributed by atoms with Gasteiger partial charge in [-0.05, 0) is 38.2 Å². The molecule has 0 bridgehead atoms. The van der Waals surface area contributed by atoms with E-state index in [-0.39, 0.29) is 5.89 Å². The summed E-state index contributed by atoms with van der Waals surface area (Å²) in [7, 11) is 3.51. The van der Waals surface area contributed by atoms with Crippen molar-refractivity contribution in [3.8, 4) is 17.2 Å². The maximum Gasteiger partial charge on any atom is 0.229 e. The number of hydrogen-bond acceptors (Lipinski definition) is 6. The average Bonchev–Trinajstić information content (AvgIpc) is 3.24. The highest BCUT2D eigenvalue weighted by Crippen LogP contribution is 2.28. The Balaban J connectivity index is 1.50. The molecule has 0 spiro atoms. The van der Waals surface area contributed by atoms with Crippen LogP contribution >= 0.6 is 11.3 Å². The van der Waals surface area contributed by atoms with Crippen LogP contribution in [-0.2, 0) is 13.1 Å². The number of para-hydroxylation sites is 1. The first-order valence-corrected chi connectivity index (χ1v) is 9.68. The molecule has 2 heterocycles. The summed E-state index contributed by atoms with van der Waals surface area (Å²) in [5.74, 6) is 0.998. The highest BCUT2D eigenvalue weighted by Gasteiger charge is 2.17. The van der Waals surface area contributed by atoms with E-state index in [9.17, 15) is 4.39 Å². The monoisotopic (exact) mass is 397 g/mol. The third-order valence-electron chi connectivity index (χ3n) is 4.46. The molecule has 0 amide bonds. The van der Waals surface area contributed by atoms with Crippen LogP contribution in [0.2, 0.25) is 0 Å². The van der Waals surface area contributed by atoms with Crippen molar-refractivity contribution in [1.82, 2.24) is 14.9 Å². The SMILES string of the molecule is COc1ccc(-c2nc(CN(C)Cc3nc4ccccc4s3)c(C)o2)c(F)c1. The van der Waals surface area contributed by atoms with Gasteiger partial charge >= 0.3 is 0 Å². The molecule has 0 atom stereocenters. The minimum Gasteiger partial charge on any atom is -0.497 e. The largest absolute Gasteiger partial charge is 0.497 e. The Hall–Kier alpha value is -2.77. The third kappa shape index (κ3) is 3.76. The van der Waals surface area contributed by atoms with Crippen molar-refractivity contribution >= 4 is 21.6 Å². The number of oxazole rings is 1. The minimum atomic E-state index is -0.421. The first-order chi connectivity index (χ1) is 13.5. The van der Waals surface area contributed by atoms with E-state index in [0.29, 0.717) is 30.2 Å². The summed E-state index contributed by atoms with van der Waals surface area (Å²) in [6.45, 7) is 3.14. The normalized spacial score (nSPS) is 11.5. The van der Waals surface area contributed by atoms with Crippen LogP contribution in [0.3, 0.4) is 0 Å². The summed E-state index contributed by atoms with van der Waals surface area (Å²) in [4.78, 5) is 11.3. The molecule has 0 saturated carbocycles. The molecule has 0 aliphatic carbocycles. The second-order valence-corrected chi connectivity index (χ2v) is 7.73. The molecule has 0 aliphatic heterocycles. The van der Waals surface area contributed by atoms with Crippen LogP contribution < -0.4 is 4.74 Å². The average molecular weight is 397 g/mol. The number of aryl methyl sites for hydroxylation is 1. The lowest BCUT2D eigenvalue weighted by molar-refractivity contribution is 0.313. The molecule has 2 aromatic heterocycles. The predicted octanol–water partition coefficient (Wildman–Crippen LogP) is 5.04. The first-order valence-electron chi connectivity index (χ1n) is 8.86. The highest BCUT2D eigenvalue weighted by molar-refractivity contribution is 7.18. The summed E-state index contributed by atoms with van der Waals surface area (Å²) in [5, 5.41) is 1.05. The van der Waals surface area contributed by atoms with Crippen LogP contribution in [0.5, 0.6) is 5.75 Å². The Morgan fingerprint density at radius 3 is 2.71 bits per heavy atom. The van der Waals surface area contributed by atoms with Gasteiger partial charge in [-0.2, -0.15) is 0 Å². The number of ether oxygens (including phenoxy) is 1. The fourth-order valence-corrected chi connectivity index (χ4v) is 4.06. The molecular weight excluding hydrogens is 377 g/mol. The van der Waals surface area contributed by atoms with E-state index >= 15 is 0 Å². The molecule has 0 aliphatic rings. The smallest absolute Gasteiger partial charge is 0.229 e. The fourth-order valence-electron chi connectivity index (χ4n) is 3.02. The van der Waals surface area contributed by atoms with Crippen molar-refractivity contribution < 1.29 is 13.5 Å². The second-order valence-electron chi connectivity index (χ2n) is 6.62. The molecule has 0 fully saturated rings. The maximum atomic E-state index is 14.3. The van der Waals surface area contributed by atoms with E-state index in [2.05, 4.69) is 20.9 Å². The standard InChI is InChI=1S/C21H20FN3O2S/c1-13-18(24-21(27-13)15-9-8-14(26-3)10-16(15)22)11-25(2)12-20-23-17-6-4-5-7-19(17)28-20/h4-10H,11-12H2,1-3H3. The molecular formula is C21H20FN3O2S. The predicted molar refractivity (Wildman–Crippen MR) is 108 cm³/mol. The Morgan fingerprint density at radius 2 is 1.96 bits per heavy atom. The Bertz CT molecular complexity index is 1090. The van der Waals surface area contributed by atoms with Crippen LogP contribution in [0.15, 0.2) is 46.9 Å². The summed E-state index contributed by atoms with van der Waals surface area (Å²) in [6.07, 6.45) is 0. The van der Waals surface area contributed by atoms with E-state index in [0.717, 1.165) is 16.2 Å². The number of rotatable bonds is 6. The summed E-state index contributed by atoms with van der Waals surface area (Å²) in [5.41, 5.74) is 2.13. The van der Waals surface area contributed by atoms with Gasteiger partial charge in [0.2, 0.25) is 5.89 Å². The van der Waals surface area contributed by atoms with Gasteiger partial charge in [0.25, 0.3) is 0 Å². The maximum absolute atomic E-state index is 14.3. The van der Waals surface area contributed by atoms with E-state index in [1.54, 1.807) is 23.5 Å². The molecule has 4 rings (SSSR count). The number of aromatic nitrogens is 2. The number of hydrogen-bond donors (Lipinski definition) is 0. The number of nitrogens with zero attached hydrogens (tertiary/aromatic N) is 3. The van der Waals surface area contributed by atoms with Gasteiger partial charge in [-0.3, -0.25) is 4.90 Å². The Kier molecular flexibility index (Phi) is 5.11. The highest BCUT2D eigenvalue weighted by atomic mass is 32.1. The van der Waals surface area contributed by atoms with Crippen LogP contribution in [-0.4, -0.2) is 29.0 Å². The lowest BCUT2D eigenvalue weighted by atomic mass is 10.2. The molecule has 0 N–H and O–H groups in total. The van der Waals surface area contributed by atoms with E-state index in [1.165, 1.54) is 17.9 Å². The quantitative estimate of drug-likeness (QED) is 0.456. The zero-order chi connectivity index (χ0) is 19.7. The number of fused-ring (bicyclic) bond motifs is 1. The van der Waals surface area contributed by atoms with Crippen LogP contribution in [0.1, 0.15) is 16.5 Å². The molecule has 2 aromatic carbocycles. The topological polar surface area (TPSA) is 51.4 Å². The number of benzene rings is 2. The van der Waals surface area contributed by atoms with Crippen molar-refractivity contribution in [3.05, 3.63) is 64.7 Å². The minimum absolute atomic E-state index is 0.279. The molecule has 5 nitrogen and oxygen atoms in total. The van der Waals surface area contributed by atoms with Crippen LogP contribution in [0.25, 0.3) is 21.7 Å². The molecule has 0 saturated heterocycles. The summed E-state index contributed by atoms with van der Waals surface area (Å²) < 4.78 is 26.3. The Morgan fingerprint density at radius 1 is 1.14 bits per heavy atom. The van der Waals surface area contributed by atoms with Gasteiger partial charge in [0.05, 0.1) is 35.1 Å². The van der Waals surface area contributed by atoms with Crippen molar-refractivity contribution in [2.75, 3.05) is 14.2 Å². The van der Waals surface area contributed by atoms with Crippen molar-refractivity contribution in [1.29, 1.82) is 0 Å². The molecule has 0 unspecified atom stereocenters. The lowest BCUT2D eigenvalue weighted by Gasteiger charge is -2.13. The van der Waals surface area contributed by atoms with Gasteiger partial charge in [-0.15, -0.1) is 11.3 Å². The number of methoxy groups -OCH3 is 1. The molecule has 7 heteroatoms. The van der Waals surface area contributed by atoms with Crippen molar-refractivity contribution in [2.24, 2.45) is 0 Å². The van der Waals surface area contributed by atoms with E-state index in [4.69, 9.17) is 9.15 Å². The zero-order valence-electron chi connectivity index (χ0n) is 15.9. The van der Waals surface area contributed by atoms with Gasteiger partial charge < -0.3 is 9.15 Å².